The average Bonchev–Trinajstić information content (AvgIpc) is 3.24. The number of nitrogens with zero attached hydrogens (tertiary/aromatic N) is 4. The van der Waals surface area contributed by atoms with Crippen molar-refractivity contribution in [2.75, 3.05) is 27.2 Å². The van der Waals surface area contributed by atoms with E-state index < -0.39 is 10.5 Å². The molecule has 4 heterocycles. The van der Waals surface area contributed by atoms with E-state index in [4.69, 9.17) is 4.74 Å². The van der Waals surface area contributed by atoms with Gasteiger partial charge in [-0.25, -0.2) is 0 Å². The first-order chi connectivity index (χ1) is 18.2. The Morgan fingerprint density at radius 3 is 2.63 bits per heavy atom. The first-order valence-electron chi connectivity index (χ1n) is 11.6. The van der Waals surface area contributed by atoms with Crippen LogP contribution in [-0.4, -0.2) is 55.1 Å². The molecule has 0 bridgehead atoms. The summed E-state index contributed by atoms with van der Waals surface area (Å²) in [6, 6.07) is 12.1. The maximum absolute atomic E-state index is 13.9. The summed E-state index contributed by atoms with van der Waals surface area (Å²) >= 11 is 0. The number of H-pyrrole nitrogens is 1. The van der Waals surface area contributed by atoms with Crippen molar-refractivity contribution in [3.8, 4) is 28.7 Å². The lowest BCUT2D eigenvalue weighted by Gasteiger charge is -2.39. The number of rotatable bonds is 5. The van der Waals surface area contributed by atoms with Crippen molar-refractivity contribution >= 4 is 43.3 Å². The standard InChI is InChI=1S/C26H20FN5O5S/c1-31-12-16(13-31)32-22-7-19(15-6-17(11-29-10-15)37-38(27,34)35)23(36-2)8-20(22)25(33)24-18-4-3-14(9-28)5-21(18)30-26(24)32/h3-8,10-11,16,30H,12-13H2,1-2H3. The number of hydrogen-bond acceptors (Lipinski definition) is 8. The number of likely N-dealkylation sites (N-methyl/N-ethyl adjacent to an activating group) is 1. The normalized spacial score (nSPS) is 14.6. The molecule has 1 N–H and O–H groups in total. The third-order valence-electron chi connectivity index (χ3n) is 6.83. The lowest BCUT2D eigenvalue weighted by molar-refractivity contribution is 0.146. The number of aromatic nitrogens is 3. The number of nitriles is 1. The van der Waals surface area contributed by atoms with Crippen LogP contribution in [0, 0.1) is 11.3 Å². The molecule has 0 radical (unpaired) electrons. The van der Waals surface area contributed by atoms with E-state index in [-0.39, 0.29) is 17.2 Å². The maximum Gasteiger partial charge on any atom is 0.488 e. The highest BCUT2D eigenvalue weighted by Crippen LogP contribution is 2.38. The second-order valence-corrected chi connectivity index (χ2v) is 10.2. The lowest BCUT2D eigenvalue weighted by Crippen LogP contribution is -2.45. The van der Waals surface area contributed by atoms with Gasteiger partial charge in [-0.3, -0.25) is 9.78 Å². The number of pyridine rings is 2. The van der Waals surface area contributed by atoms with E-state index in [2.05, 4.69) is 29.7 Å². The lowest BCUT2D eigenvalue weighted by atomic mass is 10.00. The van der Waals surface area contributed by atoms with Crippen molar-refractivity contribution in [2.45, 2.75) is 6.04 Å². The molecule has 1 aliphatic rings. The number of benzene rings is 2. The number of fused-ring (bicyclic) bond motifs is 4. The minimum Gasteiger partial charge on any atom is -0.496 e. The van der Waals surface area contributed by atoms with Crippen LogP contribution >= 0.6 is 0 Å². The Labute approximate surface area is 215 Å². The molecule has 2 aromatic carbocycles. The van der Waals surface area contributed by atoms with Gasteiger partial charge in [-0.2, -0.15) is 13.7 Å². The van der Waals surface area contributed by atoms with E-state index in [0.29, 0.717) is 49.9 Å². The summed E-state index contributed by atoms with van der Waals surface area (Å²) < 4.78 is 47.2. The maximum atomic E-state index is 13.9. The molecule has 0 saturated carbocycles. The Bertz CT molecular complexity index is 1990. The van der Waals surface area contributed by atoms with Gasteiger partial charge in [0.1, 0.15) is 11.4 Å². The number of aromatic amines is 1. The van der Waals surface area contributed by atoms with Crippen LogP contribution in [0.5, 0.6) is 11.5 Å². The minimum atomic E-state index is -5.24. The van der Waals surface area contributed by atoms with Gasteiger partial charge in [0.05, 0.1) is 47.3 Å². The summed E-state index contributed by atoms with van der Waals surface area (Å²) in [5.74, 6) is 0.0458. The molecule has 1 saturated heterocycles. The first-order valence-corrected chi connectivity index (χ1v) is 12.9. The van der Waals surface area contributed by atoms with Gasteiger partial charge >= 0.3 is 10.5 Å². The molecule has 192 valence electrons. The summed E-state index contributed by atoms with van der Waals surface area (Å²) in [5.41, 5.74) is 3.15. The topological polar surface area (TPSA) is 130 Å². The summed E-state index contributed by atoms with van der Waals surface area (Å²) in [5, 5.41) is 11.0. The van der Waals surface area contributed by atoms with E-state index in [9.17, 15) is 22.4 Å². The number of ether oxygens (including phenoxy) is 1. The van der Waals surface area contributed by atoms with Crippen LogP contribution in [0.2, 0.25) is 0 Å². The number of hydrogen-bond donors (Lipinski definition) is 1. The third kappa shape index (κ3) is 3.84. The fourth-order valence-corrected chi connectivity index (χ4v) is 5.52. The van der Waals surface area contributed by atoms with Crippen LogP contribution in [0.4, 0.5) is 3.89 Å². The van der Waals surface area contributed by atoms with Gasteiger partial charge in [-0.1, -0.05) is 9.95 Å². The fraction of sp³-hybridized carbons (Fsp3) is 0.192. The Balaban J connectivity index is 1.68. The zero-order chi connectivity index (χ0) is 26.8. The third-order valence-corrected chi connectivity index (χ3v) is 7.22. The van der Waals surface area contributed by atoms with E-state index in [1.165, 1.54) is 19.4 Å². The molecule has 1 fully saturated rings. The summed E-state index contributed by atoms with van der Waals surface area (Å²) in [6.07, 6.45) is 2.55. The molecule has 5 aromatic rings. The Morgan fingerprint density at radius 1 is 1.16 bits per heavy atom. The number of likely N-dealkylation sites (tertiary alicyclic amines) is 1. The molecule has 38 heavy (non-hydrogen) atoms. The number of halogens is 1. The van der Waals surface area contributed by atoms with Gasteiger partial charge in [0.25, 0.3) is 0 Å². The van der Waals surface area contributed by atoms with Crippen LogP contribution in [-0.2, 0) is 10.5 Å². The molecule has 0 spiro atoms. The Hall–Kier alpha value is -4.47. The van der Waals surface area contributed by atoms with Crippen LogP contribution in [0.15, 0.2) is 53.6 Å². The summed E-state index contributed by atoms with van der Waals surface area (Å²) in [6.45, 7) is 1.51. The molecule has 0 atom stereocenters. The highest BCUT2D eigenvalue weighted by molar-refractivity contribution is 7.81. The summed E-state index contributed by atoms with van der Waals surface area (Å²) in [7, 11) is -1.78. The number of methoxy groups -OCH3 is 1. The van der Waals surface area contributed by atoms with Crippen molar-refractivity contribution in [3.63, 3.8) is 0 Å². The zero-order valence-electron chi connectivity index (χ0n) is 20.2. The molecule has 10 nitrogen and oxygen atoms in total. The Kier molecular flexibility index (Phi) is 5.37. The monoisotopic (exact) mass is 533 g/mol. The molecule has 0 amide bonds. The van der Waals surface area contributed by atoms with Gasteiger partial charge in [0.2, 0.25) is 0 Å². The minimum absolute atomic E-state index is 0.0554. The molecule has 3 aromatic heterocycles. The predicted molar refractivity (Wildman–Crippen MR) is 139 cm³/mol. The fourth-order valence-electron chi connectivity index (χ4n) is 5.20. The van der Waals surface area contributed by atoms with Crippen molar-refractivity contribution in [1.29, 1.82) is 5.26 Å². The van der Waals surface area contributed by atoms with Gasteiger partial charge in [0.15, 0.2) is 11.2 Å². The van der Waals surface area contributed by atoms with Crippen LogP contribution in [0.3, 0.4) is 0 Å². The quantitative estimate of drug-likeness (QED) is 0.339. The first kappa shape index (κ1) is 23.9. The van der Waals surface area contributed by atoms with E-state index >= 15 is 0 Å². The SMILES string of the molecule is COc1cc2c(=O)c3c4ccc(C#N)cc4[nH]c3n(C3CN(C)C3)c2cc1-c1cncc(OS(=O)(=O)F)c1. The van der Waals surface area contributed by atoms with Crippen molar-refractivity contribution < 1.29 is 21.2 Å². The highest BCUT2D eigenvalue weighted by Gasteiger charge is 2.29. The average molecular weight is 534 g/mol. The van der Waals surface area contributed by atoms with Gasteiger partial charge in [-0.05, 0) is 37.4 Å². The second kappa shape index (κ2) is 8.54. The molecule has 0 aliphatic carbocycles. The van der Waals surface area contributed by atoms with Crippen molar-refractivity contribution in [1.82, 2.24) is 19.4 Å². The molecular formula is C26H20FN5O5S. The van der Waals surface area contributed by atoms with Gasteiger partial charge in [0, 0.05) is 41.3 Å². The van der Waals surface area contributed by atoms with Gasteiger partial charge < -0.3 is 23.4 Å². The van der Waals surface area contributed by atoms with Crippen LogP contribution in [0.25, 0.3) is 44.0 Å². The predicted octanol–water partition coefficient (Wildman–Crippen LogP) is 3.66. The molecule has 0 unspecified atom stereocenters. The number of nitrogens with one attached hydrogen (secondary N) is 1. The smallest absolute Gasteiger partial charge is 0.488 e. The van der Waals surface area contributed by atoms with E-state index in [0.717, 1.165) is 24.7 Å². The summed E-state index contributed by atoms with van der Waals surface area (Å²) in [4.78, 5) is 23.4. The van der Waals surface area contributed by atoms with E-state index in [1.807, 2.05) is 7.05 Å². The van der Waals surface area contributed by atoms with Crippen molar-refractivity contribution in [3.05, 3.63) is 64.6 Å². The molecule has 12 heteroatoms. The van der Waals surface area contributed by atoms with Crippen LogP contribution in [0.1, 0.15) is 11.6 Å². The Morgan fingerprint density at radius 2 is 1.95 bits per heavy atom. The van der Waals surface area contributed by atoms with Gasteiger partial charge in [-0.15, -0.1) is 0 Å². The molecule has 6 rings (SSSR count). The largest absolute Gasteiger partial charge is 0.496 e. The molecular weight excluding hydrogens is 513 g/mol. The highest BCUT2D eigenvalue weighted by atomic mass is 32.3. The van der Waals surface area contributed by atoms with Crippen molar-refractivity contribution in [2.24, 2.45) is 0 Å². The van der Waals surface area contributed by atoms with Crippen LogP contribution < -0.4 is 14.3 Å². The second-order valence-electron chi connectivity index (χ2n) is 9.25. The zero-order valence-corrected chi connectivity index (χ0v) is 21.0. The molecule has 1 aliphatic heterocycles. The van der Waals surface area contributed by atoms with E-state index in [1.54, 1.807) is 30.3 Å².